The maximum Gasteiger partial charge on any atom is 0.264 e. The molecule has 2 rings (SSSR count). The van der Waals surface area contributed by atoms with E-state index >= 15 is 0 Å². The van der Waals surface area contributed by atoms with Crippen LogP contribution in [0.25, 0.3) is 0 Å². The molecule has 2 aliphatic heterocycles. The van der Waals surface area contributed by atoms with Crippen molar-refractivity contribution in [2.45, 2.75) is 19.3 Å². The SMILES string of the molecule is CS(=O)(=O)OCC1CCOC1.N#CCC1CCOC1. The zero-order chi connectivity index (χ0) is 14.1. The molecular formula is C12H21NO5S. The van der Waals surface area contributed by atoms with Crippen LogP contribution in [0.4, 0.5) is 0 Å². The summed E-state index contributed by atoms with van der Waals surface area (Å²) in [6.45, 7) is 3.26. The van der Waals surface area contributed by atoms with Crippen molar-refractivity contribution in [2.75, 3.05) is 39.3 Å². The molecule has 2 atom stereocenters. The van der Waals surface area contributed by atoms with Gasteiger partial charge in [0.2, 0.25) is 0 Å². The van der Waals surface area contributed by atoms with Gasteiger partial charge in [-0.3, -0.25) is 4.18 Å². The summed E-state index contributed by atoms with van der Waals surface area (Å²) in [6.07, 6.45) is 3.70. The first-order valence-electron chi connectivity index (χ1n) is 6.38. The molecule has 110 valence electrons. The average Bonchev–Trinajstić information content (AvgIpc) is 2.99. The Morgan fingerprint density at radius 2 is 1.79 bits per heavy atom. The minimum Gasteiger partial charge on any atom is -0.381 e. The molecule has 0 radical (unpaired) electrons. The van der Waals surface area contributed by atoms with Crippen molar-refractivity contribution in [1.29, 1.82) is 5.26 Å². The molecule has 2 heterocycles. The predicted molar refractivity (Wildman–Crippen MR) is 68.9 cm³/mol. The zero-order valence-electron chi connectivity index (χ0n) is 11.2. The smallest absolute Gasteiger partial charge is 0.264 e. The molecule has 0 N–H and O–H groups in total. The van der Waals surface area contributed by atoms with Crippen LogP contribution in [0.5, 0.6) is 0 Å². The standard InChI is InChI=1S/C6H9NO.C6H12O4S/c7-3-1-6-2-4-8-5-6;1-11(7,8)10-5-6-2-3-9-4-6/h6H,1-2,4-5H2;6H,2-5H2,1H3. The number of hydrogen-bond acceptors (Lipinski definition) is 6. The summed E-state index contributed by atoms with van der Waals surface area (Å²) in [6, 6.07) is 2.13. The third kappa shape index (κ3) is 8.16. The first kappa shape index (κ1) is 16.4. The number of nitriles is 1. The van der Waals surface area contributed by atoms with Crippen LogP contribution >= 0.6 is 0 Å². The largest absolute Gasteiger partial charge is 0.381 e. The van der Waals surface area contributed by atoms with Crippen LogP contribution in [0.1, 0.15) is 19.3 Å². The van der Waals surface area contributed by atoms with Crippen molar-refractivity contribution in [3.8, 4) is 6.07 Å². The van der Waals surface area contributed by atoms with E-state index in [4.69, 9.17) is 14.7 Å². The molecule has 0 spiro atoms. The zero-order valence-corrected chi connectivity index (χ0v) is 12.0. The quantitative estimate of drug-likeness (QED) is 0.716. The first-order chi connectivity index (χ1) is 9.01. The minimum absolute atomic E-state index is 0.254. The molecule has 2 aliphatic rings. The topological polar surface area (TPSA) is 85.6 Å². The maximum absolute atomic E-state index is 10.5. The summed E-state index contributed by atoms with van der Waals surface area (Å²) < 4.78 is 35.8. The van der Waals surface area contributed by atoms with Crippen LogP contribution in [0.15, 0.2) is 0 Å². The van der Waals surface area contributed by atoms with Gasteiger partial charge in [-0.05, 0) is 18.8 Å². The van der Waals surface area contributed by atoms with Crippen molar-refractivity contribution >= 4 is 10.1 Å². The van der Waals surface area contributed by atoms with Crippen molar-refractivity contribution < 1.29 is 22.1 Å². The first-order valence-corrected chi connectivity index (χ1v) is 8.19. The molecular weight excluding hydrogens is 270 g/mol. The predicted octanol–water partition coefficient (Wildman–Crippen LogP) is 0.936. The highest BCUT2D eigenvalue weighted by molar-refractivity contribution is 7.85. The summed E-state index contributed by atoms with van der Waals surface area (Å²) in [7, 11) is -3.27. The van der Waals surface area contributed by atoms with Gasteiger partial charge in [0.1, 0.15) is 0 Å². The normalized spacial score (nSPS) is 26.5. The molecule has 19 heavy (non-hydrogen) atoms. The summed E-state index contributed by atoms with van der Waals surface area (Å²) in [5.41, 5.74) is 0. The number of nitrogens with zero attached hydrogens (tertiary/aromatic N) is 1. The molecule has 0 aromatic carbocycles. The molecule has 2 fully saturated rings. The summed E-state index contributed by atoms with van der Waals surface area (Å²) in [4.78, 5) is 0. The molecule has 2 unspecified atom stereocenters. The van der Waals surface area contributed by atoms with Crippen LogP contribution in [-0.4, -0.2) is 47.7 Å². The van der Waals surface area contributed by atoms with Crippen LogP contribution in [0.2, 0.25) is 0 Å². The van der Waals surface area contributed by atoms with Gasteiger partial charge >= 0.3 is 0 Å². The fourth-order valence-corrected chi connectivity index (χ4v) is 2.25. The second kappa shape index (κ2) is 8.48. The van der Waals surface area contributed by atoms with Crippen LogP contribution in [-0.2, 0) is 23.8 Å². The number of rotatable bonds is 4. The highest BCUT2D eigenvalue weighted by Gasteiger charge is 2.17. The van der Waals surface area contributed by atoms with Gasteiger partial charge in [-0.1, -0.05) is 0 Å². The van der Waals surface area contributed by atoms with Gasteiger partial charge in [-0.15, -0.1) is 0 Å². The van der Waals surface area contributed by atoms with E-state index in [-0.39, 0.29) is 12.5 Å². The van der Waals surface area contributed by atoms with Gasteiger partial charge in [0.15, 0.2) is 0 Å². The van der Waals surface area contributed by atoms with Crippen molar-refractivity contribution in [2.24, 2.45) is 11.8 Å². The Kier molecular flexibility index (Phi) is 7.31. The van der Waals surface area contributed by atoms with E-state index in [9.17, 15) is 8.42 Å². The maximum atomic E-state index is 10.5. The lowest BCUT2D eigenvalue weighted by atomic mass is 10.1. The minimum atomic E-state index is -3.27. The second-order valence-corrected chi connectivity index (χ2v) is 6.45. The van der Waals surface area contributed by atoms with Gasteiger partial charge in [0.25, 0.3) is 10.1 Å². The third-order valence-corrected chi connectivity index (χ3v) is 3.51. The van der Waals surface area contributed by atoms with Gasteiger partial charge in [-0.25, -0.2) is 0 Å². The Hall–Kier alpha value is -0.680. The van der Waals surface area contributed by atoms with E-state index in [0.717, 1.165) is 38.9 Å². The lowest BCUT2D eigenvalue weighted by Crippen LogP contribution is -2.13. The highest BCUT2D eigenvalue weighted by atomic mass is 32.2. The molecule has 0 saturated carbocycles. The van der Waals surface area contributed by atoms with Crippen LogP contribution in [0.3, 0.4) is 0 Å². The van der Waals surface area contributed by atoms with Crippen LogP contribution in [0, 0.1) is 23.2 Å². The lowest BCUT2D eigenvalue weighted by Gasteiger charge is -2.05. The van der Waals surface area contributed by atoms with E-state index in [1.165, 1.54) is 0 Å². The highest BCUT2D eigenvalue weighted by Crippen LogP contribution is 2.14. The molecule has 6 nitrogen and oxygen atoms in total. The van der Waals surface area contributed by atoms with Crippen molar-refractivity contribution in [3.05, 3.63) is 0 Å². The number of ether oxygens (including phenoxy) is 2. The summed E-state index contributed by atoms with van der Waals surface area (Å²) in [5, 5.41) is 8.22. The molecule has 0 bridgehead atoms. The molecule has 0 aliphatic carbocycles. The molecule has 0 aromatic heterocycles. The Labute approximate surface area is 114 Å². The van der Waals surface area contributed by atoms with E-state index in [2.05, 4.69) is 10.3 Å². The van der Waals surface area contributed by atoms with Crippen LogP contribution < -0.4 is 0 Å². The van der Waals surface area contributed by atoms with Gasteiger partial charge in [0.05, 0.1) is 32.1 Å². The molecule has 0 amide bonds. The summed E-state index contributed by atoms with van der Waals surface area (Å²) in [5.74, 6) is 0.782. The lowest BCUT2D eigenvalue weighted by molar-refractivity contribution is 0.169. The second-order valence-electron chi connectivity index (χ2n) is 4.81. The summed E-state index contributed by atoms with van der Waals surface area (Å²) >= 11 is 0. The fraction of sp³-hybridized carbons (Fsp3) is 0.917. The van der Waals surface area contributed by atoms with Crippen molar-refractivity contribution in [1.82, 2.24) is 0 Å². The van der Waals surface area contributed by atoms with Gasteiger partial charge < -0.3 is 9.47 Å². The number of hydrogen-bond donors (Lipinski definition) is 0. The monoisotopic (exact) mass is 291 g/mol. The van der Waals surface area contributed by atoms with E-state index < -0.39 is 10.1 Å². The molecule has 7 heteroatoms. The third-order valence-electron chi connectivity index (χ3n) is 2.95. The van der Waals surface area contributed by atoms with E-state index in [1.807, 2.05) is 0 Å². The Morgan fingerprint density at radius 3 is 2.21 bits per heavy atom. The van der Waals surface area contributed by atoms with Gasteiger partial charge in [0, 0.05) is 25.6 Å². The van der Waals surface area contributed by atoms with E-state index in [1.54, 1.807) is 0 Å². The van der Waals surface area contributed by atoms with Crippen molar-refractivity contribution in [3.63, 3.8) is 0 Å². The molecule has 2 saturated heterocycles. The molecule has 0 aromatic rings. The Morgan fingerprint density at radius 1 is 1.21 bits per heavy atom. The Bertz CT molecular complexity index is 377. The van der Waals surface area contributed by atoms with Gasteiger partial charge in [-0.2, -0.15) is 13.7 Å². The fourth-order valence-electron chi connectivity index (χ4n) is 1.81. The van der Waals surface area contributed by atoms with E-state index in [0.29, 0.717) is 18.9 Å². The average molecular weight is 291 g/mol. The Balaban J connectivity index is 0.000000200.